The summed E-state index contributed by atoms with van der Waals surface area (Å²) in [6, 6.07) is 3.68. The Bertz CT molecular complexity index is 571. The molecule has 0 saturated carbocycles. The third-order valence-electron chi connectivity index (χ3n) is 3.43. The molecule has 0 aliphatic heterocycles. The van der Waals surface area contributed by atoms with E-state index in [1.54, 1.807) is 6.20 Å². The summed E-state index contributed by atoms with van der Waals surface area (Å²) in [4.78, 5) is 13.7. The minimum absolute atomic E-state index is 0.621. The molecular weight excluding hydrogens is 284 g/mol. The number of aromatic nitrogens is 3. The van der Waals surface area contributed by atoms with E-state index in [4.69, 9.17) is 21.6 Å². The van der Waals surface area contributed by atoms with Gasteiger partial charge < -0.3 is 5.32 Å². The second-order valence-corrected chi connectivity index (χ2v) is 5.28. The van der Waals surface area contributed by atoms with Crippen molar-refractivity contribution in [1.82, 2.24) is 20.3 Å². The SMILES string of the molecule is CCc1nc(-c2ccc(Cl)cn2)nc(CC)c1CCNC. The van der Waals surface area contributed by atoms with Crippen LogP contribution >= 0.6 is 11.6 Å². The zero-order valence-corrected chi connectivity index (χ0v) is 13.5. The number of likely N-dealkylation sites (N-methyl/N-ethyl adjacent to an activating group) is 1. The number of rotatable bonds is 6. The van der Waals surface area contributed by atoms with Crippen LogP contribution in [0.3, 0.4) is 0 Å². The van der Waals surface area contributed by atoms with Crippen LogP contribution in [0.25, 0.3) is 11.5 Å². The summed E-state index contributed by atoms with van der Waals surface area (Å²) in [5, 5.41) is 3.81. The van der Waals surface area contributed by atoms with E-state index in [2.05, 4.69) is 24.1 Å². The van der Waals surface area contributed by atoms with Crippen LogP contribution in [-0.4, -0.2) is 28.5 Å². The first-order chi connectivity index (χ1) is 10.2. The first-order valence-electron chi connectivity index (χ1n) is 7.34. The monoisotopic (exact) mass is 304 g/mol. The van der Waals surface area contributed by atoms with Crippen LogP contribution in [0.2, 0.25) is 5.02 Å². The Labute approximate surface area is 131 Å². The molecule has 2 aromatic heterocycles. The van der Waals surface area contributed by atoms with Gasteiger partial charge in [-0.15, -0.1) is 0 Å². The lowest BCUT2D eigenvalue weighted by atomic mass is 10.0. The quantitative estimate of drug-likeness (QED) is 0.891. The van der Waals surface area contributed by atoms with Gasteiger partial charge in [0.15, 0.2) is 5.82 Å². The maximum Gasteiger partial charge on any atom is 0.178 e. The second kappa shape index (κ2) is 7.48. The molecule has 0 aliphatic rings. The van der Waals surface area contributed by atoms with Gasteiger partial charge in [-0.1, -0.05) is 25.4 Å². The van der Waals surface area contributed by atoms with E-state index < -0.39 is 0 Å². The van der Waals surface area contributed by atoms with Crippen molar-refractivity contribution in [2.24, 2.45) is 0 Å². The average Bonchev–Trinajstić information content (AvgIpc) is 2.52. The van der Waals surface area contributed by atoms with E-state index in [0.717, 1.165) is 42.9 Å². The number of halogens is 1. The highest BCUT2D eigenvalue weighted by atomic mass is 35.5. The normalized spacial score (nSPS) is 10.9. The van der Waals surface area contributed by atoms with Gasteiger partial charge >= 0.3 is 0 Å². The molecule has 0 fully saturated rings. The van der Waals surface area contributed by atoms with E-state index in [0.29, 0.717) is 10.8 Å². The Hall–Kier alpha value is -1.52. The van der Waals surface area contributed by atoms with Crippen molar-refractivity contribution in [3.05, 3.63) is 40.3 Å². The van der Waals surface area contributed by atoms with Crippen LogP contribution in [0.15, 0.2) is 18.3 Å². The Morgan fingerprint density at radius 2 is 1.76 bits per heavy atom. The van der Waals surface area contributed by atoms with Gasteiger partial charge in [-0.3, -0.25) is 4.98 Å². The van der Waals surface area contributed by atoms with Gasteiger partial charge in [0.1, 0.15) is 5.69 Å². The predicted octanol–water partition coefficient (Wildman–Crippen LogP) is 3.08. The molecule has 112 valence electrons. The molecule has 2 rings (SSSR count). The van der Waals surface area contributed by atoms with Crippen molar-refractivity contribution in [3.8, 4) is 11.5 Å². The van der Waals surface area contributed by atoms with Crippen molar-refractivity contribution in [3.63, 3.8) is 0 Å². The zero-order chi connectivity index (χ0) is 15.2. The summed E-state index contributed by atoms with van der Waals surface area (Å²) in [5.74, 6) is 0.688. The van der Waals surface area contributed by atoms with Crippen molar-refractivity contribution in [1.29, 1.82) is 0 Å². The summed E-state index contributed by atoms with van der Waals surface area (Å²) in [6.45, 7) is 5.19. The minimum Gasteiger partial charge on any atom is -0.319 e. The number of hydrogen-bond acceptors (Lipinski definition) is 4. The molecule has 0 bridgehead atoms. The molecule has 0 spiro atoms. The molecule has 0 saturated heterocycles. The highest BCUT2D eigenvalue weighted by Crippen LogP contribution is 2.20. The van der Waals surface area contributed by atoms with Gasteiger partial charge in [-0.2, -0.15) is 0 Å². The Morgan fingerprint density at radius 1 is 1.10 bits per heavy atom. The van der Waals surface area contributed by atoms with E-state index in [1.807, 2.05) is 19.2 Å². The van der Waals surface area contributed by atoms with Crippen LogP contribution in [-0.2, 0) is 19.3 Å². The maximum atomic E-state index is 5.89. The van der Waals surface area contributed by atoms with Crippen molar-refractivity contribution in [2.45, 2.75) is 33.1 Å². The molecule has 0 radical (unpaired) electrons. The molecule has 21 heavy (non-hydrogen) atoms. The van der Waals surface area contributed by atoms with Gasteiger partial charge in [-0.25, -0.2) is 9.97 Å². The number of pyridine rings is 1. The van der Waals surface area contributed by atoms with Crippen molar-refractivity contribution >= 4 is 11.6 Å². The Morgan fingerprint density at radius 3 is 2.24 bits per heavy atom. The molecule has 2 heterocycles. The van der Waals surface area contributed by atoms with Crippen LogP contribution in [0, 0.1) is 0 Å². The third kappa shape index (κ3) is 3.77. The summed E-state index contributed by atoms with van der Waals surface area (Å²) >= 11 is 5.89. The summed E-state index contributed by atoms with van der Waals surface area (Å²) in [6.07, 6.45) is 4.38. The second-order valence-electron chi connectivity index (χ2n) is 4.84. The molecule has 0 unspecified atom stereocenters. The van der Waals surface area contributed by atoms with E-state index in [9.17, 15) is 0 Å². The maximum absolute atomic E-state index is 5.89. The van der Waals surface area contributed by atoms with Crippen LogP contribution in [0.1, 0.15) is 30.8 Å². The molecular formula is C16H21ClN4. The Kier molecular flexibility index (Phi) is 5.65. The molecule has 0 aromatic carbocycles. The highest BCUT2D eigenvalue weighted by Gasteiger charge is 2.13. The van der Waals surface area contributed by atoms with E-state index >= 15 is 0 Å². The molecule has 1 N–H and O–H groups in total. The van der Waals surface area contributed by atoms with Crippen LogP contribution in [0.4, 0.5) is 0 Å². The van der Waals surface area contributed by atoms with Crippen molar-refractivity contribution in [2.75, 3.05) is 13.6 Å². The summed E-state index contributed by atoms with van der Waals surface area (Å²) in [5.41, 5.74) is 4.27. The first kappa shape index (κ1) is 15.9. The molecule has 0 aliphatic carbocycles. The fourth-order valence-corrected chi connectivity index (χ4v) is 2.44. The molecule has 0 atom stereocenters. The lowest BCUT2D eigenvalue weighted by Crippen LogP contribution is -2.15. The van der Waals surface area contributed by atoms with E-state index in [-0.39, 0.29) is 0 Å². The number of aryl methyl sites for hydroxylation is 2. The number of nitrogens with zero attached hydrogens (tertiary/aromatic N) is 3. The summed E-state index contributed by atoms with van der Waals surface area (Å²) in [7, 11) is 1.96. The molecule has 0 amide bonds. The number of nitrogens with one attached hydrogen (secondary N) is 1. The smallest absolute Gasteiger partial charge is 0.178 e. The third-order valence-corrected chi connectivity index (χ3v) is 3.65. The standard InChI is InChI=1S/C16H21ClN4/c1-4-13-12(8-9-18-3)14(5-2)21-16(20-13)15-7-6-11(17)10-19-15/h6-7,10,18H,4-5,8-9H2,1-3H3. The lowest BCUT2D eigenvalue weighted by molar-refractivity contribution is 0.760. The average molecular weight is 305 g/mol. The van der Waals surface area contributed by atoms with E-state index in [1.165, 1.54) is 5.56 Å². The highest BCUT2D eigenvalue weighted by molar-refractivity contribution is 6.30. The fraction of sp³-hybridized carbons (Fsp3) is 0.438. The summed E-state index contributed by atoms with van der Waals surface area (Å²) < 4.78 is 0. The largest absolute Gasteiger partial charge is 0.319 e. The number of hydrogen-bond donors (Lipinski definition) is 1. The molecule has 4 nitrogen and oxygen atoms in total. The van der Waals surface area contributed by atoms with Gasteiger partial charge in [0.05, 0.1) is 5.02 Å². The van der Waals surface area contributed by atoms with Crippen LogP contribution < -0.4 is 5.32 Å². The topological polar surface area (TPSA) is 50.7 Å². The van der Waals surface area contributed by atoms with Gasteiger partial charge in [-0.05, 0) is 50.6 Å². The van der Waals surface area contributed by atoms with Gasteiger partial charge in [0.2, 0.25) is 0 Å². The molecule has 2 aromatic rings. The zero-order valence-electron chi connectivity index (χ0n) is 12.8. The van der Waals surface area contributed by atoms with Gasteiger partial charge in [0, 0.05) is 17.6 Å². The van der Waals surface area contributed by atoms with Gasteiger partial charge in [0.25, 0.3) is 0 Å². The fourth-order valence-electron chi connectivity index (χ4n) is 2.33. The Balaban J connectivity index is 2.46. The minimum atomic E-state index is 0.621. The molecule has 5 heteroatoms. The first-order valence-corrected chi connectivity index (χ1v) is 7.72. The van der Waals surface area contributed by atoms with Crippen LogP contribution in [0.5, 0.6) is 0 Å². The predicted molar refractivity (Wildman–Crippen MR) is 86.7 cm³/mol. The lowest BCUT2D eigenvalue weighted by Gasteiger charge is -2.13. The van der Waals surface area contributed by atoms with Crippen molar-refractivity contribution < 1.29 is 0 Å².